The van der Waals surface area contributed by atoms with Crippen molar-refractivity contribution < 1.29 is 4.40 Å². The molecule has 0 aliphatic rings. The molecular formula is C31H24N3+. The number of hydrogen-bond acceptors (Lipinski definition) is 1. The monoisotopic (exact) mass is 438 g/mol. The standard InChI is InChI=1S/C31H24N3/c1-4-13-26(14-5-1)31(27-15-6-2-7-16-27,28-17-8-3-9-18-28)34-24-25(23-32-34)30-21-12-20-29-19-10-11-22-33(29)30/h1-24H/q+1. The molecule has 0 N–H and O–H groups in total. The zero-order valence-corrected chi connectivity index (χ0v) is 18.7. The third-order valence-corrected chi connectivity index (χ3v) is 6.47. The Morgan fingerprint density at radius 2 is 1.09 bits per heavy atom. The third-order valence-electron chi connectivity index (χ3n) is 6.47. The van der Waals surface area contributed by atoms with Crippen molar-refractivity contribution in [2.24, 2.45) is 0 Å². The van der Waals surface area contributed by atoms with Crippen LogP contribution in [-0.2, 0) is 5.54 Å². The van der Waals surface area contributed by atoms with Crippen LogP contribution in [0.4, 0.5) is 0 Å². The van der Waals surface area contributed by atoms with Gasteiger partial charge in [0.1, 0.15) is 5.54 Å². The summed E-state index contributed by atoms with van der Waals surface area (Å²) >= 11 is 0. The van der Waals surface area contributed by atoms with E-state index >= 15 is 0 Å². The van der Waals surface area contributed by atoms with Crippen LogP contribution in [0.2, 0.25) is 0 Å². The second-order valence-corrected chi connectivity index (χ2v) is 8.39. The summed E-state index contributed by atoms with van der Waals surface area (Å²) in [5, 5.41) is 5.00. The van der Waals surface area contributed by atoms with E-state index in [4.69, 9.17) is 5.10 Å². The molecule has 0 saturated carbocycles. The minimum absolute atomic E-state index is 0.614. The van der Waals surface area contributed by atoms with Gasteiger partial charge in [-0.3, -0.25) is 4.68 Å². The van der Waals surface area contributed by atoms with Crippen molar-refractivity contribution >= 4 is 5.52 Å². The molecular weight excluding hydrogens is 414 g/mol. The van der Waals surface area contributed by atoms with Gasteiger partial charge in [-0.15, -0.1) is 0 Å². The molecule has 0 spiro atoms. The first-order chi connectivity index (χ1) is 16.9. The summed E-state index contributed by atoms with van der Waals surface area (Å²) in [7, 11) is 0. The van der Waals surface area contributed by atoms with E-state index in [-0.39, 0.29) is 0 Å². The summed E-state index contributed by atoms with van der Waals surface area (Å²) in [4.78, 5) is 0. The quantitative estimate of drug-likeness (QED) is 0.234. The fourth-order valence-electron chi connectivity index (χ4n) is 4.94. The molecule has 0 fully saturated rings. The second kappa shape index (κ2) is 8.45. The van der Waals surface area contributed by atoms with Crippen LogP contribution in [0.25, 0.3) is 16.8 Å². The maximum Gasteiger partial charge on any atom is 0.221 e. The van der Waals surface area contributed by atoms with Gasteiger partial charge in [-0.25, -0.2) is 0 Å². The van der Waals surface area contributed by atoms with Crippen LogP contribution in [0, 0.1) is 0 Å². The number of benzene rings is 3. The Morgan fingerprint density at radius 3 is 1.68 bits per heavy atom. The Balaban J connectivity index is 1.65. The molecule has 0 saturated heterocycles. The lowest BCUT2D eigenvalue weighted by molar-refractivity contribution is -0.499. The minimum atomic E-state index is -0.614. The molecule has 3 nitrogen and oxygen atoms in total. The lowest BCUT2D eigenvalue weighted by Crippen LogP contribution is -2.38. The predicted octanol–water partition coefficient (Wildman–Crippen LogP) is 6.13. The van der Waals surface area contributed by atoms with Crippen LogP contribution in [0.5, 0.6) is 0 Å². The average Bonchev–Trinajstić information content (AvgIpc) is 3.41. The Kier molecular flexibility index (Phi) is 5.00. The highest BCUT2D eigenvalue weighted by Crippen LogP contribution is 2.40. The molecule has 3 heterocycles. The van der Waals surface area contributed by atoms with Gasteiger partial charge < -0.3 is 0 Å². The van der Waals surface area contributed by atoms with Crippen LogP contribution in [-0.4, -0.2) is 9.78 Å². The van der Waals surface area contributed by atoms with E-state index < -0.39 is 5.54 Å². The van der Waals surface area contributed by atoms with Gasteiger partial charge in [0.2, 0.25) is 11.2 Å². The van der Waals surface area contributed by atoms with Crippen LogP contribution in [0.15, 0.2) is 146 Å². The van der Waals surface area contributed by atoms with Crippen LogP contribution < -0.4 is 4.40 Å². The fourth-order valence-corrected chi connectivity index (χ4v) is 4.94. The van der Waals surface area contributed by atoms with E-state index in [2.05, 4.69) is 149 Å². The molecule has 0 amide bonds. The number of fused-ring (bicyclic) bond motifs is 1. The molecule has 3 heteroatoms. The predicted molar refractivity (Wildman–Crippen MR) is 135 cm³/mol. The highest BCUT2D eigenvalue weighted by atomic mass is 15.3. The van der Waals surface area contributed by atoms with E-state index in [1.807, 2.05) is 6.20 Å². The van der Waals surface area contributed by atoms with Gasteiger partial charge in [0.15, 0.2) is 6.20 Å². The van der Waals surface area contributed by atoms with Gasteiger partial charge >= 0.3 is 0 Å². The third kappa shape index (κ3) is 3.22. The molecule has 0 unspecified atom stereocenters. The smallest absolute Gasteiger partial charge is 0.221 e. The van der Waals surface area contributed by atoms with E-state index in [0.717, 1.165) is 33.5 Å². The Morgan fingerprint density at radius 1 is 0.559 bits per heavy atom. The number of pyridine rings is 2. The number of nitrogens with zero attached hydrogens (tertiary/aromatic N) is 3. The summed E-state index contributed by atoms with van der Waals surface area (Å²) in [6.07, 6.45) is 6.24. The molecule has 3 aromatic carbocycles. The zero-order valence-electron chi connectivity index (χ0n) is 18.7. The van der Waals surface area contributed by atoms with Gasteiger partial charge in [-0.2, -0.15) is 9.50 Å². The Hall–Kier alpha value is -4.50. The number of rotatable bonds is 5. The minimum Gasteiger partial charge on any atom is -0.252 e. The van der Waals surface area contributed by atoms with Crippen molar-refractivity contribution in [3.63, 3.8) is 0 Å². The molecule has 162 valence electrons. The van der Waals surface area contributed by atoms with Gasteiger partial charge in [-0.1, -0.05) is 91.0 Å². The van der Waals surface area contributed by atoms with Crippen molar-refractivity contribution in [2.75, 3.05) is 0 Å². The zero-order chi connectivity index (χ0) is 22.8. The summed E-state index contributed by atoms with van der Waals surface area (Å²) < 4.78 is 4.32. The largest absolute Gasteiger partial charge is 0.252 e. The van der Waals surface area contributed by atoms with Crippen LogP contribution in [0.1, 0.15) is 16.7 Å². The topological polar surface area (TPSA) is 21.9 Å². The molecule has 0 atom stereocenters. The average molecular weight is 439 g/mol. The summed E-state index contributed by atoms with van der Waals surface area (Å²) in [5.41, 5.74) is 6.18. The highest BCUT2D eigenvalue weighted by Gasteiger charge is 2.39. The first kappa shape index (κ1) is 20.1. The molecule has 3 aromatic heterocycles. The number of hydrogen-bond donors (Lipinski definition) is 0. The normalized spacial score (nSPS) is 11.5. The van der Waals surface area contributed by atoms with Crippen molar-refractivity contribution in [3.8, 4) is 11.3 Å². The van der Waals surface area contributed by atoms with Crippen LogP contribution in [0.3, 0.4) is 0 Å². The molecule has 0 radical (unpaired) electrons. The van der Waals surface area contributed by atoms with Crippen molar-refractivity contribution in [3.05, 3.63) is 163 Å². The van der Waals surface area contributed by atoms with Crippen molar-refractivity contribution in [1.29, 1.82) is 0 Å². The van der Waals surface area contributed by atoms with Gasteiger partial charge in [0.25, 0.3) is 0 Å². The Bertz CT molecular complexity index is 1440. The first-order valence-electron chi connectivity index (χ1n) is 11.5. The van der Waals surface area contributed by atoms with E-state index in [0.29, 0.717) is 0 Å². The van der Waals surface area contributed by atoms with Gasteiger partial charge in [0, 0.05) is 30.5 Å². The molecule has 0 aliphatic carbocycles. The summed E-state index contributed by atoms with van der Waals surface area (Å²) in [5.74, 6) is 0. The fraction of sp³-hybridized carbons (Fsp3) is 0.0323. The number of aromatic nitrogens is 3. The molecule has 6 rings (SSSR count). The lowest BCUT2D eigenvalue weighted by Gasteiger charge is -2.36. The molecule has 34 heavy (non-hydrogen) atoms. The Labute approximate surface area is 199 Å². The molecule has 0 bridgehead atoms. The van der Waals surface area contributed by atoms with Gasteiger partial charge in [0.05, 0.1) is 11.8 Å². The van der Waals surface area contributed by atoms with E-state index in [1.165, 1.54) is 0 Å². The van der Waals surface area contributed by atoms with E-state index in [1.54, 1.807) is 0 Å². The summed E-state index contributed by atoms with van der Waals surface area (Å²) in [6.45, 7) is 0. The maximum atomic E-state index is 5.00. The lowest BCUT2D eigenvalue weighted by atomic mass is 9.77. The summed E-state index contributed by atoms with van der Waals surface area (Å²) in [6, 6.07) is 44.5. The highest BCUT2D eigenvalue weighted by molar-refractivity contribution is 5.58. The van der Waals surface area contributed by atoms with Crippen molar-refractivity contribution in [2.45, 2.75) is 5.54 Å². The van der Waals surface area contributed by atoms with Crippen LogP contribution >= 0.6 is 0 Å². The van der Waals surface area contributed by atoms with E-state index in [9.17, 15) is 0 Å². The second-order valence-electron chi connectivity index (χ2n) is 8.39. The SMILES string of the molecule is c1ccc(C(c2ccccc2)(c2ccccc2)n2cc(-c3cccc4cccc[n+]34)cn2)cc1. The first-order valence-corrected chi connectivity index (χ1v) is 11.5. The van der Waals surface area contributed by atoms with Gasteiger partial charge in [-0.05, 0) is 28.8 Å². The maximum absolute atomic E-state index is 5.00. The molecule has 6 aromatic rings. The molecule has 0 aliphatic heterocycles. The van der Waals surface area contributed by atoms with Crippen molar-refractivity contribution in [1.82, 2.24) is 9.78 Å².